The summed E-state index contributed by atoms with van der Waals surface area (Å²) < 4.78 is 0.909. The predicted octanol–water partition coefficient (Wildman–Crippen LogP) is 3.24. The quantitative estimate of drug-likeness (QED) is 0.863. The van der Waals surface area contributed by atoms with Crippen LogP contribution in [0.2, 0.25) is 5.02 Å². The first-order valence-electron chi connectivity index (χ1n) is 5.76. The van der Waals surface area contributed by atoms with Crippen molar-refractivity contribution in [2.45, 2.75) is 31.8 Å². The van der Waals surface area contributed by atoms with Gasteiger partial charge < -0.3 is 10.0 Å². The first kappa shape index (κ1) is 13.1. The molecule has 3 nitrogen and oxygen atoms in total. The first-order chi connectivity index (χ1) is 7.98. The molecule has 1 aromatic heterocycles. The average Bonchev–Trinajstić information content (AvgIpc) is 2.40. The van der Waals surface area contributed by atoms with Gasteiger partial charge in [0.1, 0.15) is 5.82 Å². The van der Waals surface area contributed by atoms with E-state index in [0.717, 1.165) is 42.6 Å². The molecule has 1 aromatic rings. The van der Waals surface area contributed by atoms with Gasteiger partial charge in [-0.05, 0) is 48.2 Å². The van der Waals surface area contributed by atoms with E-state index in [4.69, 9.17) is 11.6 Å². The number of rotatable bonds is 1. The Balaban J connectivity index is 2.17. The SMILES string of the molecule is CC1(O)CCCN(c2ncc(Cl)cc2Br)CC1. The van der Waals surface area contributed by atoms with Crippen molar-refractivity contribution < 1.29 is 5.11 Å². The molecule has 0 saturated carbocycles. The van der Waals surface area contributed by atoms with Gasteiger partial charge >= 0.3 is 0 Å². The maximum Gasteiger partial charge on any atom is 0.142 e. The third kappa shape index (κ3) is 3.33. The normalized spacial score (nSPS) is 25.8. The zero-order valence-corrected chi connectivity index (χ0v) is 12.1. The van der Waals surface area contributed by atoms with Crippen molar-refractivity contribution >= 4 is 33.3 Å². The van der Waals surface area contributed by atoms with Gasteiger partial charge in [-0.3, -0.25) is 0 Å². The second-order valence-corrected chi connectivity index (χ2v) is 6.09. The van der Waals surface area contributed by atoms with Crippen LogP contribution >= 0.6 is 27.5 Å². The lowest BCUT2D eigenvalue weighted by atomic mass is 9.98. The van der Waals surface area contributed by atoms with E-state index in [1.165, 1.54) is 0 Å². The van der Waals surface area contributed by atoms with Crippen molar-refractivity contribution in [1.29, 1.82) is 0 Å². The maximum atomic E-state index is 10.1. The molecular weight excluding hydrogens is 304 g/mol. The predicted molar refractivity (Wildman–Crippen MR) is 73.6 cm³/mol. The van der Waals surface area contributed by atoms with Gasteiger partial charge in [0.05, 0.1) is 15.1 Å². The Labute approximate surface area is 115 Å². The summed E-state index contributed by atoms with van der Waals surface area (Å²) in [6.07, 6.45) is 4.24. The van der Waals surface area contributed by atoms with Crippen molar-refractivity contribution in [2.75, 3.05) is 18.0 Å². The second-order valence-electron chi connectivity index (χ2n) is 4.80. The molecule has 0 aliphatic carbocycles. The summed E-state index contributed by atoms with van der Waals surface area (Å²) in [6.45, 7) is 3.64. The van der Waals surface area contributed by atoms with Crippen LogP contribution in [0.4, 0.5) is 5.82 Å². The lowest BCUT2D eigenvalue weighted by Crippen LogP contribution is -2.29. The van der Waals surface area contributed by atoms with Crippen LogP contribution in [0.25, 0.3) is 0 Å². The first-order valence-corrected chi connectivity index (χ1v) is 6.93. The zero-order chi connectivity index (χ0) is 12.5. The van der Waals surface area contributed by atoms with Gasteiger partial charge in [-0.15, -0.1) is 0 Å². The fourth-order valence-electron chi connectivity index (χ4n) is 2.12. The summed E-state index contributed by atoms with van der Waals surface area (Å²) >= 11 is 9.37. The summed E-state index contributed by atoms with van der Waals surface area (Å²) in [5.41, 5.74) is -0.548. The fourth-order valence-corrected chi connectivity index (χ4v) is 3.00. The van der Waals surface area contributed by atoms with E-state index in [1.807, 2.05) is 13.0 Å². The molecule has 1 saturated heterocycles. The van der Waals surface area contributed by atoms with Crippen LogP contribution in [0.1, 0.15) is 26.2 Å². The minimum absolute atomic E-state index is 0.548. The molecule has 0 aromatic carbocycles. The van der Waals surface area contributed by atoms with E-state index in [0.29, 0.717) is 5.02 Å². The largest absolute Gasteiger partial charge is 0.390 e. The van der Waals surface area contributed by atoms with E-state index in [9.17, 15) is 5.11 Å². The van der Waals surface area contributed by atoms with Crippen molar-refractivity contribution in [1.82, 2.24) is 4.98 Å². The highest BCUT2D eigenvalue weighted by atomic mass is 79.9. The fraction of sp³-hybridized carbons (Fsp3) is 0.583. The summed E-state index contributed by atoms with van der Waals surface area (Å²) in [6, 6.07) is 1.85. The monoisotopic (exact) mass is 318 g/mol. The number of aliphatic hydroxyl groups is 1. The molecule has 2 rings (SSSR count). The van der Waals surface area contributed by atoms with Crippen LogP contribution < -0.4 is 4.90 Å². The highest BCUT2D eigenvalue weighted by molar-refractivity contribution is 9.10. The van der Waals surface area contributed by atoms with Gasteiger partial charge in [-0.1, -0.05) is 11.6 Å². The van der Waals surface area contributed by atoms with E-state index >= 15 is 0 Å². The Morgan fingerprint density at radius 2 is 2.24 bits per heavy atom. The van der Waals surface area contributed by atoms with Gasteiger partial charge in [0.2, 0.25) is 0 Å². The summed E-state index contributed by atoms with van der Waals surface area (Å²) in [4.78, 5) is 6.55. The summed E-state index contributed by atoms with van der Waals surface area (Å²) in [5.74, 6) is 0.909. The van der Waals surface area contributed by atoms with E-state index in [-0.39, 0.29) is 0 Å². The second kappa shape index (κ2) is 5.12. The third-order valence-electron chi connectivity index (χ3n) is 3.15. The molecule has 94 valence electrons. The van der Waals surface area contributed by atoms with Gasteiger partial charge in [0.15, 0.2) is 0 Å². The Bertz CT molecular complexity index is 411. The van der Waals surface area contributed by atoms with Crippen molar-refractivity contribution in [3.05, 3.63) is 21.8 Å². The summed E-state index contributed by atoms with van der Waals surface area (Å²) in [7, 11) is 0. The Hall–Kier alpha value is -0.320. The number of anilines is 1. The Morgan fingerprint density at radius 1 is 1.47 bits per heavy atom. The van der Waals surface area contributed by atoms with Crippen LogP contribution in [0.3, 0.4) is 0 Å². The molecule has 0 amide bonds. The smallest absolute Gasteiger partial charge is 0.142 e. The highest BCUT2D eigenvalue weighted by Crippen LogP contribution is 2.30. The van der Waals surface area contributed by atoms with Crippen LogP contribution in [0.15, 0.2) is 16.7 Å². The average molecular weight is 320 g/mol. The van der Waals surface area contributed by atoms with Gasteiger partial charge in [0, 0.05) is 19.3 Å². The van der Waals surface area contributed by atoms with E-state index < -0.39 is 5.60 Å². The molecular formula is C12H16BrClN2O. The Morgan fingerprint density at radius 3 is 2.94 bits per heavy atom. The molecule has 0 bridgehead atoms. The number of nitrogens with zero attached hydrogens (tertiary/aromatic N) is 2. The number of halogens is 2. The lowest BCUT2D eigenvalue weighted by Gasteiger charge is -2.24. The molecule has 0 spiro atoms. The molecule has 1 aliphatic rings. The van der Waals surface area contributed by atoms with Gasteiger partial charge in [0.25, 0.3) is 0 Å². The molecule has 1 N–H and O–H groups in total. The van der Waals surface area contributed by atoms with Crippen molar-refractivity contribution in [3.63, 3.8) is 0 Å². The third-order valence-corrected chi connectivity index (χ3v) is 3.94. The molecule has 0 radical (unpaired) electrons. The lowest BCUT2D eigenvalue weighted by molar-refractivity contribution is 0.0481. The maximum absolute atomic E-state index is 10.1. The molecule has 5 heteroatoms. The van der Waals surface area contributed by atoms with Gasteiger partial charge in [-0.25, -0.2) is 4.98 Å². The van der Waals surface area contributed by atoms with Crippen molar-refractivity contribution in [3.8, 4) is 0 Å². The molecule has 2 heterocycles. The Kier molecular flexibility index (Phi) is 3.95. The van der Waals surface area contributed by atoms with Crippen LogP contribution in [0, 0.1) is 0 Å². The van der Waals surface area contributed by atoms with Crippen LogP contribution in [0.5, 0.6) is 0 Å². The molecule has 1 unspecified atom stereocenters. The standard InChI is InChI=1S/C12H16BrClN2O/c1-12(17)3-2-5-16(6-4-12)11-10(13)7-9(14)8-15-11/h7-8,17H,2-6H2,1H3. The van der Waals surface area contributed by atoms with Crippen LogP contribution in [-0.2, 0) is 0 Å². The number of hydrogen-bond donors (Lipinski definition) is 1. The molecule has 1 fully saturated rings. The minimum atomic E-state index is -0.548. The minimum Gasteiger partial charge on any atom is -0.390 e. The zero-order valence-electron chi connectivity index (χ0n) is 9.79. The number of pyridine rings is 1. The molecule has 1 aliphatic heterocycles. The van der Waals surface area contributed by atoms with E-state index in [2.05, 4.69) is 25.8 Å². The summed E-state index contributed by atoms with van der Waals surface area (Å²) in [5, 5.41) is 10.7. The molecule has 17 heavy (non-hydrogen) atoms. The van der Waals surface area contributed by atoms with Crippen LogP contribution in [-0.4, -0.2) is 28.8 Å². The molecule has 1 atom stereocenters. The topological polar surface area (TPSA) is 36.4 Å². The highest BCUT2D eigenvalue weighted by Gasteiger charge is 2.26. The number of aromatic nitrogens is 1. The van der Waals surface area contributed by atoms with Crippen molar-refractivity contribution in [2.24, 2.45) is 0 Å². The van der Waals surface area contributed by atoms with Gasteiger partial charge in [-0.2, -0.15) is 0 Å². The number of hydrogen-bond acceptors (Lipinski definition) is 3. The van der Waals surface area contributed by atoms with E-state index in [1.54, 1.807) is 6.20 Å².